The van der Waals surface area contributed by atoms with Crippen molar-refractivity contribution in [2.24, 2.45) is 0 Å². The minimum absolute atomic E-state index is 0.0723. The van der Waals surface area contributed by atoms with Gasteiger partial charge in [-0.3, -0.25) is 10.1 Å². The second-order valence-corrected chi connectivity index (χ2v) is 4.65. The summed E-state index contributed by atoms with van der Waals surface area (Å²) in [5, 5.41) is 23.1. The van der Waals surface area contributed by atoms with Crippen LogP contribution in [0.3, 0.4) is 0 Å². The van der Waals surface area contributed by atoms with Crippen LogP contribution in [0.15, 0.2) is 42.5 Å². The van der Waals surface area contributed by atoms with Crippen LogP contribution in [0.25, 0.3) is 0 Å². The van der Waals surface area contributed by atoms with E-state index in [-0.39, 0.29) is 12.3 Å². The number of rotatable bonds is 5. The summed E-state index contributed by atoms with van der Waals surface area (Å²) in [7, 11) is 0. The highest BCUT2D eigenvalue weighted by Gasteiger charge is 2.14. The largest absolute Gasteiger partial charge is 0.396 e. The molecule has 0 radical (unpaired) electrons. The van der Waals surface area contributed by atoms with Gasteiger partial charge in [-0.2, -0.15) is 0 Å². The van der Waals surface area contributed by atoms with Gasteiger partial charge in [0.25, 0.3) is 5.69 Å². The number of halogens is 1. The van der Waals surface area contributed by atoms with E-state index in [0.29, 0.717) is 17.1 Å². The molecule has 0 fully saturated rings. The monoisotopic (exact) mass is 292 g/mol. The number of aliphatic hydroxyl groups is 1. The molecule has 0 aliphatic carbocycles. The van der Waals surface area contributed by atoms with Crippen molar-refractivity contribution in [2.75, 3.05) is 11.9 Å². The maximum atomic E-state index is 11.0. The number of hydrogen-bond donors (Lipinski definition) is 2. The van der Waals surface area contributed by atoms with Gasteiger partial charge >= 0.3 is 0 Å². The maximum absolute atomic E-state index is 11.0. The number of hydrogen-bond acceptors (Lipinski definition) is 4. The summed E-state index contributed by atoms with van der Waals surface area (Å²) in [5.74, 6) is 0. The van der Waals surface area contributed by atoms with Gasteiger partial charge in [0.1, 0.15) is 5.69 Å². The van der Waals surface area contributed by atoms with E-state index >= 15 is 0 Å². The Labute approximate surface area is 121 Å². The first kappa shape index (κ1) is 14.3. The van der Waals surface area contributed by atoms with Crippen LogP contribution >= 0.6 is 11.6 Å². The van der Waals surface area contributed by atoms with Gasteiger partial charge in [0.2, 0.25) is 0 Å². The summed E-state index contributed by atoms with van der Waals surface area (Å²) in [6.45, 7) is 0.0927. The zero-order valence-electron chi connectivity index (χ0n) is 10.5. The van der Waals surface area contributed by atoms with Crippen LogP contribution in [0.4, 0.5) is 17.1 Å². The summed E-state index contributed by atoms with van der Waals surface area (Å²) < 4.78 is 0. The van der Waals surface area contributed by atoms with Crippen LogP contribution in [0.2, 0.25) is 5.02 Å². The molecule has 5 nitrogen and oxygen atoms in total. The lowest BCUT2D eigenvalue weighted by atomic mass is 10.1. The number of nitro groups is 1. The van der Waals surface area contributed by atoms with E-state index in [1.165, 1.54) is 6.07 Å². The highest BCUT2D eigenvalue weighted by molar-refractivity contribution is 6.30. The Morgan fingerprint density at radius 2 is 1.90 bits per heavy atom. The fraction of sp³-hybridized carbons (Fsp3) is 0.143. The van der Waals surface area contributed by atoms with Gasteiger partial charge in [0.05, 0.1) is 4.92 Å². The first-order valence-corrected chi connectivity index (χ1v) is 6.38. The Balaban J connectivity index is 2.23. The summed E-state index contributed by atoms with van der Waals surface area (Å²) in [6.07, 6.45) is 0.585. The topological polar surface area (TPSA) is 75.4 Å². The molecule has 2 rings (SSSR count). The van der Waals surface area contributed by atoms with Gasteiger partial charge in [-0.15, -0.1) is 0 Å². The molecule has 0 saturated carbocycles. The van der Waals surface area contributed by atoms with Crippen molar-refractivity contribution in [3.8, 4) is 0 Å². The summed E-state index contributed by atoms with van der Waals surface area (Å²) in [5.41, 5.74) is 2.05. The molecule has 0 spiro atoms. The van der Waals surface area contributed by atoms with E-state index in [9.17, 15) is 10.1 Å². The molecule has 2 N–H and O–H groups in total. The highest BCUT2D eigenvalue weighted by Crippen LogP contribution is 2.30. The minimum Gasteiger partial charge on any atom is -0.396 e. The Bertz CT molecular complexity index is 614. The second kappa shape index (κ2) is 6.36. The van der Waals surface area contributed by atoms with Crippen molar-refractivity contribution in [1.82, 2.24) is 0 Å². The SMILES string of the molecule is O=[N+]([O-])c1cc(Cl)ccc1Nc1ccc(CCO)cc1. The molecule has 0 atom stereocenters. The molecule has 0 bridgehead atoms. The molecule has 0 saturated heterocycles. The van der Waals surface area contributed by atoms with Gasteiger partial charge in [0.15, 0.2) is 0 Å². The lowest BCUT2D eigenvalue weighted by molar-refractivity contribution is -0.383. The Morgan fingerprint density at radius 1 is 1.20 bits per heavy atom. The first-order valence-electron chi connectivity index (χ1n) is 6.01. The van der Waals surface area contributed by atoms with E-state index in [4.69, 9.17) is 16.7 Å². The fourth-order valence-electron chi connectivity index (χ4n) is 1.80. The molecule has 2 aromatic carbocycles. The molecule has 0 aliphatic heterocycles. The van der Waals surface area contributed by atoms with E-state index < -0.39 is 4.92 Å². The average Bonchev–Trinajstić information content (AvgIpc) is 2.43. The van der Waals surface area contributed by atoms with E-state index in [1.54, 1.807) is 12.1 Å². The first-order chi connectivity index (χ1) is 9.60. The zero-order valence-corrected chi connectivity index (χ0v) is 11.3. The van der Waals surface area contributed by atoms with Crippen molar-refractivity contribution in [3.63, 3.8) is 0 Å². The third-order valence-corrected chi connectivity index (χ3v) is 3.02. The number of nitro benzene ring substituents is 1. The number of nitrogens with zero attached hydrogens (tertiary/aromatic N) is 1. The van der Waals surface area contributed by atoms with Gasteiger partial charge in [-0.05, 0) is 36.2 Å². The molecular formula is C14H13ClN2O3. The second-order valence-electron chi connectivity index (χ2n) is 4.21. The van der Waals surface area contributed by atoms with Crippen LogP contribution in [0.5, 0.6) is 0 Å². The van der Waals surface area contributed by atoms with Gasteiger partial charge in [0, 0.05) is 23.4 Å². The van der Waals surface area contributed by atoms with Gasteiger partial charge in [-0.1, -0.05) is 23.7 Å². The Morgan fingerprint density at radius 3 is 2.50 bits per heavy atom. The molecule has 0 aromatic heterocycles. The normalized spacial score (nSPS) is 10.3. The molecule has 0 unspecified atom stereocenters. The number of benzene rings is 2. The van der Waals surface area contributed by atoms with Crippen molar-refractivity contribution >= 4 is 28.7 Å². The average molecular weight is 293 g/mol. The van der Waals surface area contributed by atoms with E-state index in [1.807, 2.05) is 24.3 Å². The van der Waals surface area contributed by atoms with Crippen LogP contribution in [-0.4, -0.2) is 16.6 Å². The maximum Gasteiger partial charge on any atom is 0.294 e. The van der Waals surface area contributed by atoms with E-state index in [0.717, 1.165) is 11.3 Å². The van der Waals surface area contributed by atoms with Crippen LogP contribution < -0.4 is 5.32 Å². The van der Waals surface area contributed by atoms with Gasteiger partial charge < -0.3 is 10.4 Å². The third kappa shape index (κ3) is 3.46. The molecule has 20 heavy (non-hydrogen) atoms. The molecule has 104 valence electrons. The smallest absolute Gasteiger partial charge is 0.294 e. The summed E-state index contributed by atoms with van der Waals surface area (Å²) >= 11 is 5.76. The van der Waals surface area contributed by atoms with E-state index in [2.05, 4.69) is 5.32 Å². The van der Waals surface area contributed by atoms with Crippen molar-refractivity contribution in [1.29, 1.82) is 0 Å². The summed E-state index contributed by atoms with van der Waals surface area (Å²) in [4.78, 5) is 10.5. The predicted octanol–water partition coefficient (Wildman–Crippen LogP) is 3.53. The standard InChI is InChI=1S/C14H13ClN2O3/c15-11-3-6-13(14(9-11)17(19)20)16-12-4-1-10(2-5-12)7-8-18/h1-6,9,16,18H,7-8H2. The molecule has 6 heteroatoms. The highest BCUT2D eigenvalue weighted by atomic mass is 35.5. The minimum atomic E-state index is -0.478. The number of anilines is 2. The lowest BCUT2D eigenvalue weighted by Crippen LogP contribution is -1.97. The summed E-state index contributed by atoms with van der Waals surface area (Å²) in [6, 6.07) is 11.8. The number of aliphatic hydroxyl groups excluding tert-OH is 1. The fourth-order valence-corrected chi connectivity index (χ4v) is 1.97. The molecule has 2 aromatic rings. The molecule has 0 heterocycles. The molecular weight excluding hydrogens is 280 g/mol. The Kier molecular flexibility index (Phi) is 4.55. The van der Waals surface area contributed by atoms with Crippen LogP contribution in [-0.2, 0) is 6.42 Å². The molecule has 0 aliphatic rings. The zero-order chi connectivity index (χ0) is 14.5. The van der Waals surface area contributed by atoms with Crippen molar-refractivity contribution < 1.29 is 10.0 Å². The van der Waals surface area contributed by atoms with Crippen LogP contribution in [0, 0.1) is 10.1 Å². The predicted molar refractivity (Wildman–Crippen MR) is 78.6 cm³/mol. The lowest BCUT2D eigenvalue weighted by Gasteiger charge is -2.08. The number of nitrogens with one attached hydrogen (secondary N) is 1. The third-order valence-electron chi connectivity index (χ3n) is 2.79. The van der Waals surface area contributed by atoms with Crippen LogP contribution in [0.1, 0.15) is 5.56 Å². The molecule has 0 amide bonds. The Hall–Kier alpha value is -2.11. The van der Waals surface area contributed by atoms with Crippen molar-refractivity contribution in [2.45, 2.75) is 6.42 Å². The van der Waals surface area contributed by atoms with Crippen molar-refractivity contribution in [3.05, 3.63) is 63.2 Å². The van der Waals surface area contributed by atoms with Gasteiger partial charge in [-0.25, -0.2) is 0 Å². The quantitative estimate of drug-likeness (QED) is 0.653.